The minimum absolute atomic E-state index is 0.0541. The maximum absolute atomic E-state index is 12.7. The van der Waals surface area contributed by atoms with Crippen LogP contribution in [0, 0.1) is 11.8 Å². The average Bonchev–Trinajstić information content (AvgIpc) is 3.03. The molecular weight excluding hydrogens is 390 g/mol. The highest BCUT2D eigenvalue weighted by molar-refractivity contribution is 7.99. The van der Waals surface area contributed by atoms with E-state index in [1.54, 1.807) is 11.3 Å². The first kappa shape index (κ1) is 20.0. The van der Waals surface area contributed by atoms with Gasteiger partial charge in [-0.2, -0.15) is 0 Å². The molecule has 0 bridgehead atoms. The van der Waals surface area contributed by atoms with Crippen molar-refractivity contribution in [2.24, 2.45) is 11.8 Å². The minimum Gasteiger partial charge on any atom is -0.342 e. The Labute approximate surface area is 174 Å². The average molecular weight is 420 g/mol. The monoisotopic (exact) mass is 419 g/mol. The molecule has 2 aromatic heterocycles. The van der Waals surface area contributed by atoms with Crippen molar-refractivity contribution in [3.05, 3.63) is 20.8 Å². The molecule has 2 aliphatic rings. The Kier molecular flexibility index (Phi) is 5.83. The van der Waals surface area contributed by atoms with Crippen LogP contribution in [0.4, 0.5) is 0 Å². The molecule has 0 radical (unpaired) electrons. The SMILES string of the molecule is CC1CCC(N(C)C(=O)CSc2nc3sc4c(c3c(=O)[nH]2)CC[C@@H](C)C4)CC1. The van der Waals surface area contributed by atoms with Gasteiger partial charge in [0, 0.05) is 18.0 Å². The summed E-state index contributed by atoms with van der Waals surface area (Å²) in [5.74, 6) is 1.88. The number of amides is 1. The summed E-state index contributed by atoms with van der Waals surface area (Å²) >= 11 is 3.00. The van der Waals surface area contributed by atoms with Crippen LogP contribution in [0.3, 0.4) is 0 Å². The number of aromatic nitrogens is 2. The third-order valence-electron chi connectivity index (χ3n) is 6.40. The van der Waals surface area contributed by atoms with Crippen LogP contribution in [-0.2, 0) is 17.6 Å². The largest absolute Gasteiger partial charge is 0.342 e. The van der Waals surface area contributed by atoms with Crippen LogP contribution in [0.25, 0.3) is 10.2 Å². The van der Waals surface area contributed by atoms with Gasteiger partial charge in [-0.25, -0.2) is 4.98 Å². The highest BCUT2D eigenvalue weighted by atomic mass is 32.2. The molecule has 4 rings (SSSR count). The summed E-state index contributed by atoms with van der Waals surface area (Å²) in [6.45, 7) is 4.55. The van der Waals surface area contributed by atoms with Crippen molar-refractivity contribution in [1.29, 1.82) is 0 Å². The van der Waals surface area contributed by atoms with Crippen LogP contribution >= 0.6 is 23.1 Å². The maximum atomic E-state index is 12.7. The van der Waals surface area contributed by atoms with Crippen molar-refractivity contribution in [3.63, 3.8) is 0 Å². The van der Waals surface area contributed by atoms with E-state index in [1.807, 2.05) is 11.9 Å². The first-order valence-corrected chi connectivity index (χ1v) is 12.2. The number of fused-ring (bicyclic) bond motifs is 3. The molecule has 1 N–H and O–H groups in total. The summed E-state index contributed by atoms with van der Waals surface area (Å²) in [5, 5.41) is 1.33. The fourth-order valence-electron chi connectivity index (χ4n) is 4.46. The molecule has 5 nitrogen and oxygen atoms in total. The zero-order chi connectivity index (χ0) is 19.8. The predicted octanol–water partition coefficient (Wildman–Crippen LogP) is 4.24. The topological polar surface area (TPSA) is 66.1 Å². The first-order chi connectivity index (χ1) is 13.4. The van der Waals surface area contributed by atoms with Crippen molar-refractivity contribution in [2.45, 2.75) is 70.0 Å². The van der Waals surface area contributed by atoms with E-state index in [0.29, 0.717) is 22.9 Å². The highest BCUT2D eigenvalue weighted by Gasteiger charge is 2.26. The summed E-state index contributed by atoms with van der Waals surface area (Å²) in [6, 6.07) is 0.352. The van der Waals surface area contributed by atoms with Crippen LogP contribution < -0.4 is 5.56 Å². The summed E-state index contributed by atoms with van der Waals surface area (Å²) in [4.78, 5) is 36.9. The lowest BCUT2D eigenvalue weighted by Gasteiger charge is -2.33. The van der Waals surface area contributed by atoms with E-state index >= 15 is 0 Å². The van der Waals surface area contributed by atoms with Crippen molar-refractivity contribution in [3.8, 4) is 0 Å². The molecule has 1 fully saturated rings. The van der Waals surface area contributed by atoms with E-state index in [-0.39, 0.29) is 11.5 Å². The Morgan fingerprint density at radius 3 is 2.71 bits per heavy atom. The van der Waals surface area contributed by atoms with Crippen LogP contribution in [0.2, 0.25) is 0 Å². The molecule has 1 saturated carbocycles. The first-order valence-electron chi connectivity index (χ1n) is 10.4. The molecule has 7 heteroatoms. The number of H-pyrrole nitrogens is 1. The van der Waals surface area contributed by atoms with Gasteiger partial charge >= 0.3 is 0 Å². The molecule has 2 aliphatic carbocycles. The number of carbonyl (C=O) groups is 1. The van der Waals surface area contributed by atoms with E-state index < -0.39 is 0 Å². The zero-order valence-corrected chi connectivity index (χ0v) is 18.5. The van der Waals surface area contributed by atoms with E-state index in [4.69, 9.17) is 0 Å². The number of nitrogens with zero attached hydrogens (tertiary/aromatic N) is 2. The lowest BCUT2D eigenvalue weighted by atomic mass is 9.87. The molecule has 0 unspecified atom stereocenters. The van der Waals surface area contributed by atoms with E-state index in [9.17, 15) is 9.59 Å². The molecule has 2 heterocycles. The van der Waals surface area contributed by atoms with Crippen LogP contribution in [0.5, 0.6) is 0 Å². The van der Waals surface area contributed by atoms with Crippen molar-refractivity contribution < 1.29 is 4.79 Å². The fraction of sp³-hybridized carbons (Fsp3) is 0.667. The van der Waals surface area contributed by atoms with Gasteiger partial charge in [-0.05, 0) is 62.3 Å². The number of aryl methyl sites for hydroxylation is 1. The summed E-state index contributed by atoms with van der Waals surface area (Å²) < 4.78 is 0. The van der Waals surface area contributed by atoms with Crippen LogP contribution in [0.1, 0.15) is 56.4 Å². The van der Waals surface area contributed by atoms with E-state index in [2.05, 4.69) is 23.8 Å². The molecule has 0 aromatic carbocycles. The molecule has 28 heavy (non-hydrogen) atoms. The molecule has 0 saturated heterocycles. The quantitative estimate of drug-likeness (QED) is 0.595. The van der Waals surface area contributed by atoms with Crippen LogP contribution in [-0.4, -0.2) is 39.6 Å². The number of hydrogen-bond acceptors (Lipinski definition) is 5. The summed E-state index contributed by atoms with van der Waals surface area (Å²) in [7, 11) is 1.91. The highest BCUT2D eigenvalue weighted by Crippen LogP contribution is 2.36. The van der Waals surface area contributed by atoms with Gasteiger partial charge in [-0.15, -0.1) is 11.3 Å². The van der Waals surface area contributed by atoms with Crippen molar-refractivity contribution >= 4 is 39.2 Å². The third-order valence-corrected chi connectivity index (χ3v) is 8.41. The molecule has 0 aliphatic heterocycles. The molecule has 0 spiro atoms. The lowest BCUT2D eigenvalue weighted by molar-refractivity contribution is -0.129. The molecule has 152 valence electrons. The Balaban J connectivity index is 1.45. The van der Waals surface area contributed by atoms with Gasteiger partial charge in [0.25, 0.3) is 5.56 Å². The van der Waals surface area contributed by atoms with Gasteiger partial charge in [0.1, 0.15) is 4.83 Å². The van der Waals surface area contributed by atoms with Crippen molar-refractivity contribution in [1.82, 2.24) is 14.9 Å². The van der Waals surface area contributed by atoms with Gasteiger partial charge in [0.2, 0.25) is 5.91 Å². The number of thiophene rings is 1. The normalized spacial score (nSPS) is 24.9. The van der Waals surface area contributed by atoms with E-state index in [1.165, 1.54) is 35.0 Å². The maximum Gasteiger partial charge on any atom is 0.260 e. The zero-order valence-electron chi connectivity index (χ0n) is 16.9. The number of thioether (sulfide) groups is 1. The number of carbonyl (C=O) groups excluding carboxylic acids is 1. The van der Waals surface area contributed by atoms with Gasteiger partial charge in [0.15, 0.2) is 5.16 Å². The summed E-state index contributed by atoms with van der Waals surface area (Å²) in [6.07, 6.45) is 7.72. The second kappa shape index (κ2) is 8.19. The molecule has 1 atom stereocenters. The Bertz CT molecular complexity index is 928. The second-order valence-corrected chi connectivity index (χ2v) is 10.7. The van der Waals surface area contributed by atoms with Crippen LogP contribution in [0.15, 0.2) is 9.95 Å². The van der Waals surface area contributed by atoms with E-state index in [0.717, 1.165) is 48.2 Å². The number of aromatic amines is 1. The Morgan fingerprint density at radius 1 is 1.21 bits per heavy atom. The Hall–Kier alpha value is -1.34. The van der Waals surface area contributed by atoms with Gasteiger partial charge in [-0.3, -0.25) is 9.59 Å². The van der Waals surface area contributed by atoms with Gasteiger partial charge in [0.05, 0.1) is 11.1 Å². The Morgan fingerprint density at radius 2 is 1.96 bits per heavy atom. The predicted molar refractivity (Wildman–Crippen MR) is 116 cm³/mol. The standard InChI is InChI=1S/C21H29N3O2S2/c1-12-4-7-14(8-5-12)24(3)17(25)11-27-21-22-19(26)18-15-9-6-13(2)10-16(15)28-20(18)23-21/h12-14H,4-11H2,1-3H3,(H,22,23,26)/t12?,13-,14?/m1/s1. The molecular formula is C21H29N3O2S2. The lowest BCUT2D eigenvalue weighted by Crippen LogP contribution is -2.40. The fourth-order valence-corrected chi connectivity index (χ4v) is 6.69. The number of rotatable bonds is 4. The van der Waals surface area contributed by atoms with Gasteiger partial charge in [-0.1, -0.05) is 25.6 Å². The minimum atomic E-state index is -0.0541. The molecule has 1 amide bonds. The smallest absolute Gasteiger partial charge is 0.260 e. The molecule has 2 aromatic rings. The van der Waals surface area contributed by atoms with Crippen molar-refractivity contribution in [2.75, 3.05) is 12.8 Å². The second-order valence-electron chi connectivity index (χ2n) is 8.61. The number of nitrogens with one attached hydrogen (secondary N) is 1. The third kappa shape index (κ3) is 4.01. The summed E-state index contributed by atoms with van der Waals surface area (Å²) in [5.41, 5.74) is 1.15. The number of hydrogen-bond donors (Lipinski definition) is 1. The van der Waals surface area contributed by atoms with Gasteiger partial charge < -0.3 is 9.88 Å².